The van der Waals surface area contributed by atoms with Crippen LogP contribution in [0.2, 0.25) is 0 Å². The monoisotopic (exact) mass is 242 g/mol. The molecule has 0 fully saturated rings. The molecule has 2 aromatic carbocycles. The zero-order valence-electron chi connectivity index (χ0n) is 10.0. The van der Waals surface area contributed by atoms with Crippen molar-refractivity contribution in [2.24, 2.45) is 0 Å². The third-order valence-corrected chi connectivity index (χ3v) is 2.55. The highest BCUT2D eigenvalue weighted by Gasteiger charge is 2.04. The lowest BCUT2D eigenvalue weighted by atomic mass is 10.2. The van der Waals surface area contributed by atoms with Gasteiger partial charge in [-0.15, -0.1) is 0 Å². The first-order valence-corrected chi connectivity index (χ1v) is 5.50. The molecule has 0 aliphatic carbocycles. The number of carbonyl (C=O) groups is 1. The normalized spacial score (nSPS) is 9.83. The molecule has 0 amide bonds. The number of benzene rings is 2. The Bertz CT molecular complexity index is 550. The second kappa shape index (κ2) is 5.23. The molecule has 0 atom stereocenters. The second-order valence-electron chi connectivity index (χ2n) is 3.78. The van der Waals surface area contributed by atoms with Gasteiger partial charge in [-0.25, -0.2) is 4.79 Å². The Hall–Kier alpha value is -2.49. The van der Waals surface area contributed by atoms with Crippen LogP contribution in [0.25, 0.3) is 0 Å². The molecule has 4 nitrogen and oxygen atoms in total. The fourth-order valence-electron chi connectivity index (χ4n) is 1.57. The highest BCUT2D eigenvalue weighted by molar-refractivity contribution is 5.89. The van der Waals surface area contributed by atoms with Gasteiger partial charge in [-0.3, -0.25) is 0 Å². The fourth-order valence-corrected chi connectivity index (χ4v) is 1.57. The molecule has 0 saturated carbocycles. The van der Waals surface area contributed by atoms with Crippen molar-refractivity contribution in [2.45, 2.75) is 0 Å². The van der Waals surface area contributed by atoms with E-state index in [-0.39, 0.29) is 5.97 Å². The predicted molar refractivity (Wildman–Crippen MR) is 71.9 cm³/mol. The minimum absolute atomic E-state index is 0.347. The molecule has 3 N–H and O–H groups in total. The highest BCUT2D eigenvalue weighted by Crippen LogP contribution is 2.22. The number of para-hydroxylation sites is 2. The van der Waals surface area contributed by atoms with Crippen molar-refractivity contribution in [1.29, 1.82) is 0 Å². The lowest BCUT2D eigenvalue weighted by Crippen LogP contribution is -2.01. The van der Waals surface area contributed by atoms with Gasteiger partial charge in [0.05, 0.1) is 24.0 Å². The van der Waals surface area contributed by atoms with Crippen LogP contribution in [0.5, 0.6) is 0 Å². The van der Waals surface area contributed by atoms with Gasteiger partial charge in [0.1, 0.15) is 0 Å². The van der Waals surface area contributed by atoms with Crippen LogP contribution in [0.3, 0.4) is 0 Å². The van der Waals surface area contributed by atoms with Crippen LogP contribution in [0.1, 0.15) is 10.4 Å². The molecular formula is C14H14N2O2. The Balaban J connectivity index is 2.16. The van der Waals surface area contributed by atoms with E-state index in [4.69, 9.17) is 5.73 Å². The SMILES string of the molecule is COC(=O)c1ccc(Nc2ccccc2N)cc1. The maximum absolute atomic E-state index is 11.3. The average Bonchev–Trinajstić information content (AvgIpc) is 2.41. The summed E-state index contributed by atoms with van der Waals surface area (Å²) in [5.41, 5.74) is 8.72. The van der Waals surface area contributed by atoms with Gasteiger partial charge in [0.25, 0.3) is 0 Å². The molecule has 0 aliphatic rings. The molecule has 2 rings (SSSR count). The van der Waals surface area contributed by atoms with Crippen LogP contribution in [-0.4, -0.2) is 13.1 Å². The number of methoxy groups -OCH3 is 1. The van der Waals surface area contributed by atoms with Crippen LogP contribution in [0.4, 0.5) is 17.1 Å². The van der Waals surface area contributed by atoms with Gasteiger partial charge in [-0.05, 0) is 36.4 Å². The van der Waals surface area contributed by atoms with E-state index < -0.39 is 0 Å². The molecule has 92 valence electrons. The van der Waals surface area contributed by atoms with Crippen molar-refractivity contribution < 1.29 is 9.53 Å². The molecular weight excluding hydrogens is 228 g/mol. The fraction of sp³-hybridized carbons (Fsp3) is 0.0714. The van der Waals surface area contributed by atoms with E-state index in [0.29, 0.717) is 11.3 Å². The molecule has 4 heteroatoms. The standard InChI is InChI=1S/C14H14N2O2/c1-18-14(17)10-6-8-11(9-7-10)16-13-5-3-2-4-12(13)15/h2-9,16H,15H2,1H3. The van der Waals surface area contributed by atoms with E-state index in [9.17, 15) is 4.79 Å². The Morgan fingerprint density at radius 1 is 1.11 bits per heavy atom. The Kier molecular flexibility index (Phi) is 3.48. The molecule has 0 unspecified atom stereocenters. The first-order chi connectivity index (χ1) is 8.70. The minimum Gasteiger partial charge on any atom is -0.465 e. The van der Waals surface area contributed by atoms with Gasteiger partial charge in [-0.1, -0.05) is 12.1 Å². The largest absolute Gasteiger partial charge is 0.465 e. The lowest BCUT2D eigenvalue weighted by molar-refractivity contribution is 0.0601. The quantitative estimate of drug-likeness (QED) is 0.641. The summed E-state index contributed by atoms with van der Waals surface area (Å²) < 4.78 is 4.63. The maximum atomic E-state index is 11.3. The van der Waals surface area contributed by atoms with E-state index in [0.717, 1.165) is 11.4 Å². The lowest BCUT2D eigenvalue weighted by Gasteiger charge is -2.09. The van der Waals surface area contributed by atoms with E-state index in [1.54, 1.807) is 24.3 Å². The number of nitrogens with one attached hydrogen (secondary N) is 1. The smallest absolute Gasteiger partial charge is 0.337 e. The van der Waals surface area contributed by atoms with Crippen LogP contribution in [-0.2, 0) is 4.74 Å². The van der Waals surface area contributed by atoms with Crippen LogP contribution < -0.4 is 11.1 Å². The first-order valence-electron chi connectivity index (χ1n) is 5.50. The molecule has 0 radical (unpaired) electrons. The molecule has 0 aliphatic heterocycles. The molecule has 0 heterocycles. The Morgan fingerprint density at radius 2 is 1.78 bits per heavy atom. The van der Waals surface area contributed by atoms with E-state index in [2.05, 4.69) is 10.1 Å². The van der Waals surface area contributed by atoms with Gasteiger partial charge in [0.15, 0.2) is 0 Å². The van der Waals surface area contributed by atoms with E-state index >= 15 is 0 Å². The van der Waals surface area contributed by atoms with Gasteiger partial charge in [0.2, 0.25) is 0 Å². The summed E-state index contributed by atoms with van der Waals surface area (Å²) in [5, 5.41) is 3.18. The van der Waals surface area contributed by atoms with Crippen molar-refractivity contribution in [1.82, 2.24) is 0 Å². The summed E-state index contributed by atoms with van der Waals surface area (Å²) >= 11 is 0. The molecule has 18 heavy (non-hydrogen) atoms. The number of nitrogens with two attached hydrogens (primary N) is 1. The van der Waals surface area contributed by atoms with Crippen molar-refractivity contribution >= 4 is 23.0 Å². The molecule has 2 aromatic rings. The average molecular weight is 242 g/mol. The summed E-state index contributed by atoms with van der Waals surface area (Å²) in [7, 11) is 1.36. The molecule has 0 aromatic heterocycles. The number of hydrogen-bond donors (Lipinski definition) is 2. The van der Waals surface area contributed by atoms with Gasteiger partial charge >= 0.3 is 5.97 Å². The topological polar surface area (TPSA) is 64.3 Å². The number of nitrogen functional groups attached to an aromatic ring is 1. The summed E-state index contributed by atoms with van der Waals surface area (Å²) in [5.74, 6) is -0.347. The summed E-state index contributed by atoms with van der Waals surface area (Å²) in [4.78, 5) is 11.3. The van der Waals surface area contributed by atoms with Crippen LogP contribution in [0.15, 0.2) is 48.5 Å². The van der Waals surface area contributed by atoms with E-state index in [1.165, 1.54) is 7.11 Å². The minimum atomic E-state index is -0.347. The third kappa shape index (κ3) is 2.60. The van der Waals surface area contributed by atoms with E-state index in [1.807, 2.05) is 24.3 Å². The van der Waals surface area contributed by atoms with Gasteiger partial charge < -0.3 is 15.8 Å². The van der Waals surface area contributed by atoms with Crippen LogP contribution >= 0.6 is 0 Å². The second-order valence-corrected chi connectivity index (χ2v) is 3.78. The molecule has 0 bridgehead atoms. The number of ether oxygens (including phenoxy) is 1. The predicted octanol–water partition coefficient (Wildman–Crippen LogP) is 2.80. The zero-order valence-corrected chi connectivity index (χ0v) is 10.0. The van der Waals surface area contributed by atoms with Crippen molar-refractivity contribution in [3.8, 4) is 0 Å². The number of esters is 1. The molecule has 0 spiro atoms. The van der Waals surface area contributed by atoms with Crippen LogP contribution in [0, 0.1) is 0 Å². The van der Waals surface area contributed by atoms with Gasteiger partial charge in [0, 0.05) is 5.69 Å². The van der Waals surface area contributed by atoms with Crippen molar-refractivity contribution in [3.63, 3.8) is 0 Å². The maximum Gasteiger partial charge on any atom is 0.337 e. The number of rotatable bonds is 3. The number of anilines is 3. The first kappa shape index (κ1) is 12.0. The van der Waals surface area contributed by atoms with Crippen molar-refractivity contribution in [3.05, 3.63) is 54.1 Å². The summed E-state index contributed by atoms with van der Waals surface area (Å²) in [6, 6.07) is 14.5. The number of hydrogen-bond acceptors (Lipinski definition) is 4. The zero-order chi connectivity index (χ0) is 13.0. The van der Waals surface area contributed by atoms with Gasteiger partial charge in [-0.2, -0.15) is 0 Å². The third-order valence-electron chi connectivity index (χ3n) is 2.55. The summed E-state index contributed by atoms with van der Waals surface area (Å²) in [6.07, 6.45) is 0. The van der Waals surface area contributed by atoms with Crippen molar-refractivity contribution in [2.75, 3.05) is 18.2 Å². The Morgan fingerprint density at radius 3 is 2.39 bits per heavy atom. The highest BCUT2D eigenvalue weighted by atomic mass is 16.5. The molecule has 0 saturated heterocycles. The Labute approximate surface area is 105 Å². The number of carbonyl (C=O) groups excluding carboxylic acids is 1. The summed E-state index contributed by atoms with van der Waals surface area (Å²) in [6.45, 7) is 0.